The maximum atomic E-state index is 5.44. The minimum Gasteiger partial charge on any atom is -0.389 e. The first kappa shape index (κ1) is 108. The van der Waals surface area contributed by atoms with Gasteiger partial charge in [0.15, 0.2) is 0 Å². The van der Waals surface area contributed by atoms with Crippen LogP contribution in [-0.4, -0.2) is 110 Å². The molecule has 11 aromatic rings. The summed E-state index contributed by atoms with van der Waals surface area (Å²) in [5.74, 6) is 0. The largest absolute Gasteiger partial charge is 0.389 e. The maximum absolute atomic E-state index is 5.44. The Balaban J connectivity index is 0.000000665. The van der Waals surface area contributed by atoms with Crippen molar-refractivity contribution in [3.63, 3.8) is 0 Å². The van der Waals surface area contributed by atoms with E-state index in [0.717, 1.165) is 194 Å². The van der Waals surface area contributed by atoms with Crippen LogP contribution < -0.4 is 63.1 Å². The summed E-state index contributed by atoms with van der Waals surface area (Å²) in [5.41, 5.74) is 81.0. The molecule has 0 aromatic carbocycles. The van der Waals surface area contributed by atoms with Crippen molar-refractivity contribution in [1.82, 2.24) is 54.8 Å². The van der Waals surface area contributed by atoms with E-state index in [1.807, 2.05) is 210 Å². The van der Waals surface area contributed by atoms with Crippen LogP contribution in [0.25, 0.3) is 0 Å². The lowest BCUT2D eigenvalue weighted by molar-refractivity contribution is 1.03. The van der Waals surface area contributed by atoms with Crippen LogP contribution in [0, 0.1) is 0 Å². The zero-order valence-corrected chi connectivity index (χ0v) is 79.1. The van der Waals surface area contributed by atoms with E-state index in [0.29, 0.717) is 54.9 Å². The number of hydrogen-bond donors (Lipinski definition) is 11. The van der Waals surface area contributed by atoms with Gasteiger partial charge < -0.3 is 63.1 Å². The van der Waals surface area contributed by atoms with Crippen molar-refractivity contribution in [3.8, 4) is 0 Å². The average molecular weight is 1850 g/mol. The molecule has 0 saturated heterocycles. The number of nitrogens with zero attached hydrogens (tertiary/aromatic N) is 11. The molecular formula is C88H110N22S11. The summed E-state index contributed by atoms with van der Waals surface area (Å²) in [4.78, 5) is 50.1. The Kier molecular flexibility index (Phi) is 56.1. The fourth-order valence-corrected chi connectivity index (χ4v) is 10.5. The Bertz CT molecular complexity index is 4070. The van der Waals surface area contributed by atoms with Gasteiger partial charge >= 0.3 is 0 Å². The first-order chi connectivity index (χ1) is 57.6. The van der Waals surface area contributed by atoms with Crippen molar-refractivity contribution < 1.29 is 0 Å². The zero-order chi connectivity index (χ0) is 90.9. The fourth-order valence-electron chi connectivity index (χ4n) is 9.07. The second-order valence-electron chi connectivity index (χ2n) is 24.8. The van der Waals surface area contributed by atoms with Crippen LogP contribution in [0.5, 0.6) is 0 Å². The fraction of sp³-hybridized carbons (Fsp3) is 0.250. The number of aryl methyl sites for hydroxylation is 11. The van der Waals surface area contributed by atoms with E-state index in [1.165, 1.54) is 0 Å². The van der Waals surface area contributed by atoms with E-state index in [4.69, 9.17) is 197 Å². The topological polar surface area (TPSA) is 428 Å². The monoisotopic (exact) mass is 1850 g/mol. The molecule has 0 bridgehead atoms. The SMILES string of the molecule is CCc1cc(C(N)=[33S])ccn1.CCc1cc(C(N)=[34S])ccn1.CCc1cc(C([15NH2])=S)ccn1.CCc1cc(C([15NH2])=[33S])ccn1.CCc1cc(C([15NH2])=[34S])ccn1.CCc1cc([13C](N)=S)ccn1.CCc1cc([13C](N)=[33S])ccn1.CCc1cc([13C](N)=[34S])ccn1.CCc1cc([13C]([15NH2])=S)ccn1.CCc1cc([13C]([15NH2])=[33S])ccn1.CCc1cc([13C]([15NH2])=[34S])ccn1. The normalized spacial score (nSPS) is 9.55. The lowest BCUT2D eigenvalue weighted by Crippen LogP contribution is -2.09. The molecule has 0 aliphatic carbocycles. The molecule has 0 amide bonds. The highest BCUT2D eigenvalue weighted by Crippen LogP contribution is 2.11. The maximum Gasteiger partial charge on any atom is 0.104 e. The first-order valence-electron chi connectivity index (χ1n) is 38.3. The second-order valence-corrected chi connectivity index (χ2v) is 29.6. The molecule has 22 nitrogen and oxygen atoms in total. The summed E-state index contributed by atoms with van der Waals surface area (Å²) in [6, 6.07) is 41.1. The van der Waals surface area contributed by atoms with Gasteiger partial charge in [-0.3, -0.25) is 54.8 Å². The minimum atomic E-state index is 0.433. The summed E-state index contributed by atoms with van der Waals surface area (Å²) >= 11 is 53.0. The van der Waals surface area contributed by atoms with Crippen LogP contribution in [0.15, 0.2) is 202 Å². The van der Waals surface area contributed by atoms with E-state index >= 15 is 0 Å². The molecule has 11 heterocycles. The highest BCUT2D eigenvalue weighted by Gasteiger charge is 2.05. The van der Waals surface area contributed by atoms with Gasteiger partial charge in [-0.15, -0.1) is 0 Å². The minimum absolute atomic E-state index is 0.433. The first-order valence-corrected chi connectivity index (χ1v) is 42.8. The number of hydrogen-bond acceptors (Lipinski definition) is 22. The van der Waals surface area contributed by atoms with Crippen molar-refractivity contribution in [1.29, 1.82) is 0 Å². The van der Waals surface area contributed by atoms with E-state index in [9.17, 15) is 0 Å². The number of rotatable bonds is 22. The molecule has 0 fully saturated rings. The van der Waals surface area contributed by atoms with Crippen LogP contribution >= 0.6 is 134 Å². The summed E-state index contributed by atoms with van der Waals surface area (Å²) in [7, 11) is 0. The Morgan fingerprint density at radius 1 is 0.182 bits per heavy atom. The van der Waals surface area contributed by atoms with Crippen LogP contribution in [0.1, 0.15) is 200 Å². The molecule has 638 valence electrons. The molecule has 0 aliphatic heterocycles. The Morgan fingerprint density at radius 2 is 0.264 bits per heavy atom. The number of thiocarbonyl (C=S) groups is 11. The van der Waals surface area contributed by atoms with Gasteiger partial charge in [-0.05, 0) is 204 Å². The summed E-state index contributed by atoms with van der Waals surface area (Å²) in [5, 5.41) is 0. The third-order valence-electron chi connectivity index (χ3n) is 16.1. The highest BCUT2D eigenvalue weighted by molar-refractivity contribution is 7.82. The van der Waals surface area contributed by atoms with E-state index in [1.54, 1.807) is 68.2 Å². The third kappa shape index (κ3) is 46.2. The molecular weight excluding hydrogens is 1740 g/mol. The predicted octanol–water partition coefficient (Wildman–Crippen LogP) is 14.1. The molecule has 33 heteroatoms. The molecule has 11 rings (SSSR count). The summed E-state index contributed by atoms with van der Waals surface area (Å²) in [6.45, 7) is 22.5. The van der Waals surface area contributed by atoms with Gasteiger partial charge in [0.1, 0.15) is 54.9 Å². The highest BCUT2D eigenvalue weighted by atomic mass is 34.0. The van der Waals surface area contributed by atoms with Crippen LogP contribution in [0.2, 0.25) is 0 Å². The predicted molar refractivity (Wildman–Crippen MR) is 545 cm³/mol. The lowest BCUT2D eigenvalue weighted by Gasteiger charge is -1.99. The van der Waals surface area contributed by atoms with Gasteiger partial charge in [0, 0.05) is 192 Å². The number of aromatic nitrogens is 11. The van der Waals surface area contributed by atoms with Gasteiger partial charge in [0.05, 0.1) is 0 Å². The molecule has 0 spiro atoms. The van der Waals surface area contributed by atoms with Crippen molar-refractivity contribution in [3.05, 3.63) is 325 Å². The van der Waals surface area contributed by atoms with Gasteiger partial charge in [-0.1, -0.05) is 211 Å². The molecule has 11 aromatic heterocycles. The van der Waals surface area contributed by atoms with Crippen molar-refractivity contribution in [2.24, 2.45) is 63.1 Å². The van der Waals surface area contributed by atoms with Gasteiger partial charge in [-0.25, -0.2) is 0 Å². The second kappa shape index (κ2) is 62.5. The Labute approximate surface area is 772 Å². The van der Waals surface area contributed by atoms with E-state index < -0.39 is 0 Å². The summed E-state index contributed by atoms with van der Waals surface area (Å²) < 4.78 is 0. The number of nitrogens with two attached hydrogens (primary N) is 11. The summed E-state index contributed by atoms with van der Waals surface area (Å²) in [6.07, 6.45) is 29.1. The van der Waals surface area contributed by atoms with Crippen molar-refractivity contribution >= 4 is 189 Å². The quantitative estimate of drug-likeness (QED) is 0.0130. The van der Waals surface area contributed by atoms with Crippen LogP contribution in [0.3, 0.4) is 0 Å². The van der Waals surface area contributed by atoms with Gasteiger partial charge in [-0.2, -0.15) is 0 Å². The molecule has 0 aliphatic rings. The Hall–Kier alpha value is -10.6. The lowest BCUT2D eigenvalue weighted by atomic mass is 10.2. The molecule has 22 N–H and O–H groups in total. The van der Waals surface area contributed by atoms with Crippen molar-refractivity contribution in [2.45, 2.75) is 147 Å². The van der Waals surface area contributed by atoms with Crippen LogP contribution in [-0.2, 0) is 70.6 Å². The standard InChI is InChI=1S/11C8H10N2S/c11*1-2-7-5-6(8(9)11)3-4-10-7/h11*3-5H,2H2,1H3,(H2,9,11)/i8+1,9+1,11+2;8+1,9+1,11+1;9+1,11+2;9+1,11+1;8+1,11+2;8+1,11+1;8+1,9+1;11+2;11+1;9+1;8+1. The smallest absolute Gasteiger partial charge is 0.104 e. The molecule has 121 heavy (non-hydrogen) atoms. The van der Waals surface area contributed by atoms with E-state index in [-0.39, 0.29) is 0 Å². The van der Waals surface area contributed by atoms with Gasteiger partial charge in [0.2, 0.25) is 0 Å². The number of pyridine rings is 11. The Morgan fingerprint density at radius 3 is 0.339 bits per heavy atom. The molecule has 0 radical (unpaired) electrons. The zero-order valence-electron chi connectivity index (χ0n) is 70.1. The molecule has 0 atom stereocenters. The molecule has 0 unspecified atom stereocenters. The van der Waals surface area contributed by atoms with Crippen molar-refractivity contribution in [2.75, 3.05) is 0 Å². The molecule has 0 saturated carbocycles. The van der Waals surface area contributed by atoms with Crippen LogP contribution in [0.4, 0.5) is 0 Å². The van der Waals surface area contributed by atoms with E-state index in [2.05, 4.69) is 54.8 Å². The van der Waals surface area contributed by atoms with Gasteiger partial charge in [0.25, 0.3) is 0 Å². The third-order valence-corrected chi connectivity index (χ3v) is 18.7. The average Bonchev–Trinajstić information content (AvgIpc) is 0.990.